The van der Waals surface area contributed by atoms with E-state index in [0.717, 1.165) is 72.2 Å². The number of benzene rings is 2. The first-order valence-electron chi connectivity index (χ1n) is 13.4. The van der Waals surface area contributed by atoms with E-state index in [9.17, 15) is 9.90 Å². The SMILES string of the molecule is C=C.CC/C=C(\C/C=C\CCl)c1cc2ncn(-c3ccc4cc(CN5CCC(O)CC5)ccc4c3)c(=O)c2s1. The number of thiophene rings is 1. The molecule has 7 heteroatoms. The van der Waals surface area contributed by atoms with E-state index in [2.05, 4.69) is 72.4 Å². The van der Waals surface area contributed by atoms with Crippen LogP contribution in [0, 0.1) is 0 Å². The van der Waals surface area contributed by atoms with Crippen LogP contribution in [0.15, 0.2) is 85.0 Å². The van der Waals surface area contributed by atoms with E-state index in [-0.39, 0.29) is 11.7 Å². The van der Waals surface area contributed by atoms with Crippen LogP contribution in [0.25, 0.3) is 32.2 Å². The number of likely N-dealkylation sites (tertiary alicyclic amines) is 1. The van der Waals surface area contributed by atoms with Crippen LogP contribution in [0.1, 0.15) is 43.0 Å². The van der Waals surface area contributed by atoms with Crippen molar-refractivity contribution in [1.29, 1.82) is 0 Å². The molecular formula is C32H36ClN3O2S. The molecule has 5 rings (SSSR count). The third kappa shape index (κ3) is 6.95. The lowest BCUT2D eigenvalue weighted by atomic mass is 10.0. The minimum absolute atomic E-state index is 0.0448. The van der Waals surface area contributed by atoms with E-state index in [1.807, 2.05) is 18.2 Å². The minimum Gasteiger partial charge on any atom is -0.393 e. The summed E-state index contributed by atoms with van der Waals surface area (Å²) in [5.41, 5.74) is 3.96. The number of hydrogen-bond donors (Lipinski definition) is 1. The fourth-order valence-electron chi connectivity index (χ4n) is 4.93. The second-order valence-corrected chi connectivity index (χ2v) is 10.9. The molecule has 0 bridgehead atoms. The van der Waals surface area contributed by atoms with Gasteiger partial charge in [-0.3, -0.25) is 14.3 Å². The quantitative estimate of drug-likeness (QED) is 0.181. The Morgan fingerprint density at radius 3 is 2.62 bits per heavy atom. The summed E-state index contributed by atoms with van der Waals surface area (Å²) in [5, 5.41) is 12.0. The standard InChI is InChI=1S/C30H32ClN3O2S.C2H4/c1-2-5-22(6-3-4-13-31)28-18-27-29(37-28)30(36)34(20-32-27)25-10-9-23-16-21(7-8-24(23)17-25)19-33-14-11-26(35)12-15-33;1-2/h3-5,7-10,16-18,20,26,35H,2,6,11-15,19H2,1H3;1-2H2/b4-3-,22-5+;. The molecule has 0 unspecified atom stereocenters. The zero-order valence-corrected chi connectivity index (χ0v) is 24.1. The largest absolute Gasteiger partial charge is 0.393 e. The van der Waals surface area contributed by atoms with Crippen LogP contribution in [0.4, 0.5) is 0 Å². The molecular weight excluding hydrogens is 526 g/mol. The number of fused-ring (bicyclic) bond motifs is 2. The van der Waals surface area contributed by atoms with Gasteiger partial charge in [0.25, 0.3) is 5.56 Å². The summed E-state index contributed by atoms with van der Waals surface area (Å²) in [6.45, 7) is 10.9. The van der Waals surface area contributed by atoms with Crippen molar-refractivity contribution in [3.05, 3.63) is 101 Å². The number of rotatable bonds is 8. The number of aromatic nitrogens is 2. The Balaban J connectivity index is 0.00000172. The van der Waals surface area contributed by atoms with Crippen molar-refractivity contribution in [2.75, 3.05) is 19.0 Å². The lowest BCUT2D eigenvalue weighted by Gasteiger charge is -2.29. The first kappa shape index (κ1) is 29.0. The lowest BCUT2D eigenvalue weighted by Crippen LogP contribution is -2.35. The molecule has 0 amide bonds. The predicted molar refractivity (Wildman–Crippen MR) is 167 cm³/mol. The maximum atomic E-state index is 13.5. The summed E-state index contributed by atoms with van der Waals surface area (Å²) in [5.74, 6) is 0.495. The van der Waals surface area contributed by atoms with Gasteiger partial charge in [-0.1, -0.05) is 43.4 Å². The van der Waals surface area contributed by atoms with E-state index in [1.54, 1.807) is 10.9 Å². The number of piperidine rings is 1. The summed E-state index contributed by atoms with van der Waals surface area (Å²) in [7, 11) is 0. The highest BCUT2D eigenvalue weighted by Gasteiger charge is 2.17. The summed E-state index contributed by atoms with van der Waals surface area (Å²) in [6, 6.07) is 14.7. The topological polar surface area (TPSA) is 58.4 Å². The van der Waals surface area contributed by atoms with Gasteiger partial charge >= 0.3 is 0 Å². The zero-order chi connectivity index (χ0) is 27.8. The first-order chi connectivity index (χ1) is 19.1. The second-order valence-electron chi connectivity index (χ2n) is 9.59. The number of aliphatic hydroxyl groups is 1. The normalized spacial score (nSPS) is 15.2. The van der Waals surface area contributed by atoms with Gasteiger partial charge in [-0.25, -0.2) is 4.98 Å². The van der Waals surface area contributed by atoms with Gasteiger partial charge in [0, 0.05) is 30.4 Å². The van der Waals surface area contributed by atoms with Gasteiger partial charge in [0.1, 0.15) is 11.0 Å². The molecule has 2 aromatic heterocycles. The van der Waals surface area contributed by atoms with Gasteiger partial charge in [0.2, 0.25) is 0 Å². The molecule has 1 fully saturated rings. The first-order valence-corrected chi connectivity index (χ1v) is 14.8. The molecule has 0 aliphatic carbocycles. The molecule has 0 saturated carbocycles. The molecule has 0 atom stereocenters. The Kier molecular flexibility index (Phi) is 10.3. The Bertz CT molecular complexity index is 1530. The van der Waals surface area contributed by atoms with Crippen LogP contribution in [-0.2, 0) is 6.54 Å². The maximum Gasteiger partial charge on any atom is 0.275 e. The molecule has 0 spiro atoms. The molecule has 2 aromatic carbocycles. The molecule has 3 heterocycles. The molecule has 204 valence electrons. The van der Waals surface area contributed by atoms with Gasteiger partial charge in [-0.05, 0) is 71.9 Å². The van der Waals surface area contributed by atoms with E-state index in [4.69, 9.17) is 11.6 Å². The highest BCUT2D eigenvalue weighted by molar-refractivity contribution is 7.19. The molecule has 1 saturated heterocycles. The van der Waals surface area contributed by atoms with Gasteiger partial charge in [-0.15, -0.1) is 36.1 Å². The smallest absolute Gasteiger partial charge is 0.275 e. The minimum atomic E-state index is -0.155. The summed E-state index contributed by atoms with van der Waals surface area (Å²) in [6.07, 6.45) is 11.1. The van der Waals surface area contributed by atoms with Crippen molar-refractivity contribution < 1.29 is 5.11 Å². The van der Waals surface area contributed by atoms with Gasteiger partial charge < -0.3 is 5.11 Å². The number of aliphatic hydroxyl groups excluding tert-OH is 1. The highest BCUT2D eigenvalue weighted by Crippen LogP contribution is 2.30. The van der Waals surface area contributed by atoms with Crippen molar-refractivity contribution >= 4 is 49.5 Å². The van der Waals surface area contributed by atoms with E-state index < -0.39 is 0 Å². The van der Waals surface area contributed by atoms with Crippen LogP contribution >= 0.6 is 22.9 Å². The van der Waals surface area contributed by atoms with Crippen molar-refractivity contribution in [3.8, 4) is 5.69 Å². The van der Waals surface area contributed by atoms with Crippen molar-refractivity contribution in [2.24, 2.45) is 0 Å². The molecule has 39 heavy (non-hydrogen) atoms. The predicted octanol–water partition coefficient (Wildman–Crippen LogP) is 7.34. The van der Waals surface area contributed by atoms with Crippen LogP contribution in [-0.4, -0.2) is 44.6 Å². The van der Waals surface area contributed by atoms with Crippen molar-refractivity contribution in [2.45, 2.75) is 45.3 Å². The van der Waals surface area contributed by atoms with E-state index in [0.29, 0.717) is 10.6 Å². The molecule has 1 aliphatic rings. The maximum absolute atomic E-state index is 13.5. The van der Waals surface area contributed by atoms with Crippen LogP contribution < -0.4 is 5.56 Å². The highest BCUT2D eigenvalue weighted by atomic mass is 35.5. The zero-order valence-electron chi connectivity index (χ0n) is 22.5. The third-order valence-corrected chi connectivity index (χ3v) is 8.29. The molecule has 4 aromatic rings. The number of allylic oxidation sites excluding steroid dienone is 4. The van der Waals surface area contributed by atoms with Crippen LogP contribution in [0.3, 0.4) is 0 Å². The van der Waals surface area contributed by atoms with Crippen molar-refractivity contribution in [3.63, 3.8) is 0 Å². The van der Waals surface area contributed by atoms with Gasteiger partial charge in [-0.2, -0.15) is 0 Å². The monoisotopic (exact) mass is 561 g/mol. The number of alkyl halides is 1. The Morgan fingerprint density at radius 1 is 1.13 bits per heavy atom. The number of hydrogen-bond acceptors (Lipinski definition) is 5. The summed E-state index contributed by atoms with van der Waals surface area (Å²) in [4.78, 5) is 21.6. The van der Waals surface area contributed by atoms with Crippen LogP contribution in [0.2, 0.25) is 0 Å². The number of nitrogens with zero attached hydrogens (tertiary/aromatic N) is 3. The van der Waals surface area contributed by atoms with Crippen LogP contribution in [0.5, 0.6) is 0 Å². The molecule has 1 N–H and O–H groups in total. The number of halogens is 1. The Hall–Kier alpha value is -3.03. The molecule has 5 nitrogen and oxygen atoms in total. The average Bonchev–Trinajstić information content (AvgIpc) is 3.40. The molecule has 1 aliphatic heterocycles. The fourth-order valence-corrected chi connectivity index (χ4v) is 6.14. The third-order valence-electron chi connectivity index (χ3n) is 6.93. The summed E-state index contributed by atoms with van der Waals surface area (Å²) < 4.78 is 2.31. The second kappa shape index (κ2) is 13.9. The van der Waals surface area contributed by atoms with Gasteiger partial charge in [0.05, 0.1) is 17.3 Å². The Labute approximate surface area is 239 Å². The van der Waals surface area contributed by atoms with E-state index in [1.165, 1.54) is 22.5 Å². The van der Waals surface area contributed by atoms with E-state index >= 15 is 0 Å². The van der Waals surface area contributed by atoms with Crippen molar-refractivity contribution in [1.82, 2.24) is 14.5 Å². The fraction of sp³-hybridized carbons (Fsp3) is 0.312. The Morgan fingerprint density at radius 2 is 1.87 bits per heavy atom. The van der Waals surface area contributed by atoms with Gasteiger partial charge in [0.15, 0.2) is 0 Å². The summed E-state index contributed by atoms with van der Waals surface area (Å²) >= 11 is 7.30. The lowest BCUT2D eigenvalue weighted by molar-refractivity contribution is 0.0792. The average molecular weight is 562 g/mol. The molecule has 0 radical (unpaired) electrons.